The van der Waals surface area contributed by atoms with Gasteiger partial charge in [0.1, 0.15) is 24.8 Å². The van der Waals surface area contributed by atoms with E-state index in [0.717, 1.165) is 0 Å². The number of hydrogen-bond acceptors (Lipinski definition) is 11. The first-order chi connectivity index (χ1) is 19.5. The van der Waals surface area contributed by atoms with E-state index in [-0.39, 0.29) is 35.9 Å². The van der Waals surface area contributed by atoms with Gasteiger partial charge in [-0.1, -0.05) is 25.3 Å². The Labute approximate surface area is 241 Å². The van der Waals surface area contributed by atoms with Gasteiger partial charge in [-0.3, -0.25) is 9.59 Å². The predicted molar refractivity (Wildman–Crippen MR) is 147 cm³/mol. The molecule has 0 N–H and O–H groups in total. The summed E-state index contributed by atoms with van der Waals surface area (Å²) in [6, 6.07) is 0. The van der Waals surface area contributed by atoms with Gasteiger partial charge in [-0.25, -0.2) is 9.59 Å². The monoisotopic (exact) mass is 595 g/mol. The summed E-state index contributed by atoms with van der Waals surface area (Å²) in [6.45, 7) is 16.4. The molecule has 5 unspecified atom stereocenters. The standard InChI is InChI=1S/C28H41NO11Si/c1-8-36-41(37-9-2,38-10-3)22-13-14-29(22)25(30)23-20-11-12-21(40-20)24(23)28(33)39-19(15-34-26(31)17(4)5)16-35-27(32)18(6)7/h11-12,19-24H,4,6,8-10,13-16H2,1-3,5,7H3. The number of carbonyl (C=O) groups is 4. The fraction of sp³-hybridized carbons (Fsp3) is 0.643. The zero-order valence-electron chi connectivity index (χ0n) is 24.4. The Bertz CT molecular complexity index is 1010. The normalized spacial score (nSPS) is 24.6. The number of carbonyl (C=O) groups excluding carboxylic acids is 4. The third kappa shape index (κ3) is 7.33. The molecule has 2 saturated heterocycles. The van der Waals surface area contributed by atoms with Crippen molar-refractivity contribution in [2.24, 2.45) is 11.8 Å². The van der Waals surface area contributed by atoms with Crippen molar-refractivity contribution < 1.29 is 51.4 Å². The van der Waals surface area contributed by atoms with Gasteiger partial charge < -0.3 is 37.1 Å². The molecule has 0 spiro atoms. The van der Waals surface area contributed by atoms with E-state index in [0.29, 0.717) is 32.8 Å². The van der Waals surface area contributed by atoms with Gasteiger partial charge in [0.2, 0.25) is 5.91 Å². The average Bonchev–Trinajstić information content (AvgIpc) is 3.51. The molecule has 3 aliphatic heterocycles. The highest BCUT2D eigenvalue weighted by molar-refractivity contribution is 6.63. The van der Waals surface area contributed by atoms with Crippen molar-refractivity contribution in [1.29, 1.82) is 0 Å². The molecule has 0 saturated carbocycles. The molecular formula is C28H41NO11Si. The van der Waals surface area contributed by atoms with Crippen molar-refractivity contribution >= 4 is 32.6 Å². The molecule has 3 heterocycles. The molecule has 0 aliphatic carbocycles. The van der Waals surface area contributed by atoms with Gasteiger partial charge in [0.15, 0.2) is 6.10 Å². The Kier molecular flexibility index (Phi) is 11.4. The summed E-state index contributed by atoms with van der Waals surface area (Å²) in [7, 11) is -3.23. The Balaban J connectivity index is 1.78. The topological polar surface area (TPSA) is 136 Å². The van der Waals surface area contributed by atoms with Gasteiger partial charge in [-0.05, 0) is 41.0 Å². The second-order valence-corrected chi connectivity index (χ2v) is 12.8. The van der Waals surface area contributed by atoms with Crippen molar-refractivity contribution in [3.8, 4) is 0 Å². The van der Waals surface area contributed by atoms with E-state index in [4.69, 9.17) is 32.2 Å². The fourth-order valence-electron chi connectivity index (χ4n) is 5.05. The molecule has 41 heavy (non-hydrogen) atoms. The van der Waals surface area contributed by atoms with E-state index in [2.05, 4.69) is 13.2 Å². The quantitative estimate of drug-likeness (QED) is 0.0851. The lowest BCUT2D eigenvalue weighted by molar-refractivity contribution is -0.171. The lowest BCUT2D eigenvalue weighted by atomic mass is 9.81. The molecule has 2 bridgehead atoms. The van der Waals surface area contributed by atoms with Crippen LogP contribution in [0.4, 0.5) is 0 Å². The minimum atomic E-state index is -3.23. The number of hydrogen-bond donors (Lipinski definition) is 0. The molecule has 5 atom stereocenters. The minimum Gasteiger partial charge on any atom is -0.458 e. The number of nitrogens with zero attached hydrogens (tertiary/aromatic N) is 1. The Hall–Kier alpha value is -2.84. The molecule has 0 aromatic rings. The van der Waals surface area contributed by atoms with Gasteiger partial charge in [0, 0.05) is 37.5 Å². The van der Waals surface area contributed by atoms with Crippen molar-refractivity contribution in [2.45, 2.75) is 65.0 Å². The van der Waals surface area contributed by atoms with Gasteiger partial charge in [-0.2, -0.15) is 0 Å². The Morgan fingerprint density at radius 1 is 0.878 bits per heavy atom. The van der Waals surface area contributed by atoms with E-state index < -0.39 is 56.9 Å². The van der Waals surface area contributed by atoms with Crippen LogP contribution in [-0.4, -0.2) is 101 Å². The van der Waals surface area contributed by atoms with Crippen molar-refractivity contribution in [3.63, 3.8) is 0 Å². The van der Waals surface area contributed by atoms with Crippen LogP contribution < -0.4 is 0 Å². The average molecular weight is 596 g/mol. The van der Waals surface area contributed by atoms with Gasteiger partial charge in [0.05, 0.1) is 18.1 Å². The number of esters is 3. The van der Waals surface area contributed by atoms with E-state index in [9.17, 15) is 19.2 Å². The summed E-state index contributed by atoms with van der Waals surface area (Å²) in [4.78, 5) is 53.1. The molecule has 2 fully saturated rings. The maximum Gasteiger partial charge on any atom is 0.524 e. The van der Waals surface area contributed by atoms with Gasteiger partial charge in [-0.15, -0.1) is 0 Å². The lowest BCUT2D eigenvalue weighted by Gasteiger charge is -2.49. The van der Waals surface area contributed by atoms with E-state index in [1.54, 1.807) is 17.1 Å². The molecule has 12 nitrogen and oxygen atoms in total. The van der Waals surface area contributed by atoms with E-state index >= 15 is 0 Å². The maximum absolute atomic E-state index is 14.0. The first kappa shape index (κ1) is 32.7. The number of fused-ring (bicyclic) bond motifs is 2. The SMILES string of the molecule is C=C(C)C(=O)OCC(COC(=O)C(=C)C)OC(=O)C1C2C=CC(O2)C1C(=O)N1CCC1[Si](OCC)(OCC)OCC. The van der Waals surface area contributed by atoms with Crippen molar-refractivity contribution in [1.82, 2.24) is 4.90 Å². The lowest BCUT2D eigenvalue weighted by Crippen LogP contribution is -2.71. The van der Waals surface area contributed by atoms with Crippen LogP contribution >= 0.6 is 0 Å². The summed E-state index contributed by atoms with van der Waals surface area (Å²) < 4.78 is 40.0. The van der Waals surface area contributed by atoms with Crippen LogP contribution in [0.2, 0.25) is 0 Å². The number of likely N-dealkylation sites (tertiary alicyclic amines) is 1. The third-order valence-corrected chi connectivity index (χ3v) is 10.5. The smallest absolute Gasteiger partial charge is 0.458 e. The zero-order chi connectivity index (χ0) is 30.3. The van der Waals surface area contributed by atoms with Gasteiger partial charge in [0.25, 0.3) is 0 Å². The molecule has 0 radical (unpaired) electrons. The van der Waals surface area contributed by atoms with E-state index in [1.165, 1.54) is 13.8 Å². The summed E-state index contributed by atoms with van der Waals surface area (Å²) in [5.41, 5.74) is -0.0760. The molecular weight excluding hydrogens is 554 g/mol. The van der Waals surface area contributed by atoms with Crippen molar-refractivity contribution in [2.75, 3.05) is 39.6 Å². The van der Waals surface area contributed by atoms with Crippen molar-refractivity contribution in [3.05, 3.63) is 36.5 Å². The summed E-state index contributed by atoms with van der Waals surface area (Å²) in [5.74, 6) is -4.21. The largest absolute Gasteiger partial charge is 0.524 e. The highest BCUT2D eigenvalue weighted by atomic mass is 28.4. The molecule has 0 aromatic carbocycles. The second-order valence-electron chi connectivity index (χ2n) is 10.1. The third-order valence-electron chi connectivity index (χ3n) is 6.98. The number of ether oxygens (including phenoxy) is 4. The number of rotatable bonds is 16. The fourth-order valence-corrected chi connectivity index (χ4v) is 8.21. The molecule has 1 amide bonds. The molecule has 228 valence electrons. The Morgan fingerprint density at radius 3 is 1.78 bits per heavy atom. The predicted octanol–water partition coefficient (Wildman–Crippen LogP) is 1.89. The van der Waals surface area contributed by atoms with Crippen LogP contribution in [0.25, 0.3) is 0 Å². The Morgan fingerprint density at radius 2 is 1.37 bits per heavy atom. The summed E-state index contributed by atoms with van der Waals surface area (Å²) >= 11 is 0. The highest BCUT2D eigenvalue weighted by Crippen LogP contribution is 2.43. The van der Waals surface area contributed by atoms with Crippen LogP contribution in [-0.2, 0) is 51.4 Å². The second kappa shape index (κ2) is 14.4. The molecule has 3 aliphatic rings. The van der Waals surface area contributed by atoms with Crippen LogP contribution in [0.5, 0.6) is 0 Å². The highest BCUT2D eigenvalue weighted by Gasteiger charge is 2.61. The minimum absolute atomic E-state index is 0.154. The molecule has 0 aromatic heterocycles. The first-order valence-electron chi connectivity index (χ1n) is 13.9. The molecule has 3 rings (SSSR count). The first-order valence-corrected chi connectivity index (χ1v) is 15.7. The summed E-state index contributed by atoms with van der Waals surface area (Å²) in [5, 5.41) is 0. The zero-order valence-corrected chi connectivity index (χ0v) is 25.4. The number of amides is 1. The van der Waals surface area contributed by atoms with E-state index in [1.807, 2.05) is 20.8 Å². The van der Waals surface area contributed by atoms with Gasteiger partial charge >= 0.3 is 26.7 Å². The summed E-state index contributed by atoms with van der Waals surface area (Å²) in [6.07, 6.45) is 1.73. The van der Waals surface area contributed by atoms with Crippen LogP contribution in [0, 0.1) is 11.8 Å². The van der Waals surface area contributed by atoms with Crippen LogP contribution in [0.15, 0.2) is 36.5 Å². The van der Waals surface area contributed by atoms with Crippen LogP contribution in [0.3, 0.4) is 0 Å². The van der Waals surface area contributed by atoms with Crippen LogP contribution in [0.1, 0.15) is 41.0 Å². The maximum atomic E-state index is 14.0. The molecule has 13 heteroatoms.